The van der Waals surface area contributed by atoms with E-state index < -0.39 is 5.79 Å². The maximum absolute atomic E-state index is 5.94. The molecule has 1 aromatic rings. The van der Waals surface area contributed by atoms with Crippen LogP contribution in [0.5, 0.6) is 0 Å². The predicted molar refractivity (Wildman–Crippen MR) is 64.1 cm³/mol. The van der Waals surface area contributed by atoms with Gasteiger partial charge in [-0.15, -0.1) is 0 Å². The van der Waals surface area contributed by atoms with Gasteiger partial charge in [0.15, 0.2) is 5.79 Å². The lowest BCUT2D eigenvalue weighted by molar-refractivity contribution is -0.283. The number of hydrogen-bond donors (Lipinski definition) is 0. The third kappa shape index (κ3) is 2.45. The molecule has 2 heteroatoms. The van der Waals surface area contributed by atoms with Crippen LogP contribution < -0.4 is 0 Å². The number of benzene rings is 1. The van der Waals surface area contributed by atoms with Gasteiger partial charge in [0.2, 0.25) is 0 Å². The lowest BCUT2D eigenvalue weighted by atomic mass is 9.95. The van der Waals surface area contributed by atoms with Crippen molar-refractivity contribution >= 4 is 0 Å². The van der Waals surface area contributed by atoms with Gasteiger partial charge < -0.3 is 9.47 Å². The van der Waals surface area contributed by atoms with E-state index in [1.807, 2.05) is 18.2 Å². The van der Waals surface area contributed by atoms with E-state index in [2.05, 4.69) is 26.0 Å². The van der Waals surface area contributed by atoms with Crippen molar-refractivity contribution in [3.05, 3.63) is 35.9 Å². The van der Waals surface area contributed by atoms with E-state index in [9.17, 15) is 0 Å². The molecule has 0 bridgehead atoms. The van der Waals surface area contributed by atoms with E-state index in [1.165, 1.54) is 0 Å². The van der Waals surface area contributed by atoms with Crippen molar-refractivity contribution in [3.63, 3.8) is 0 Å². The Kier molecular flexibility index (Phi) is 3.62. The minimum atomic E-state index is -0.506. The molecule has 0 aliphatic carbocycles. The first-order valence-electron chi connectivity index (χ1n) is 6.06. The first kappa shape index (κ1) is 11.6. The fourth-order valence-corrected chi connectivity index (χ4v) is 2.21. The molecule has 1 fully saturated rings. The Bertz CT molecular complexity index is 313. The van der Waals surface area contributed by atoms with Crippen LogP contribution in [-0.2, 0) is 15.3 Å². The molecular formula is C14H20O2. The quantitative estimate of drug-likeness (QED) is 0.778. The monoisotopic (exact) mass is 220 g/mol. The highest BCUT2D eigenvalue weighted by molar-refractivity contribution is 5.20. The van der Waals surface area contributed by atoms with Crippen molar-refractivity contribution in [1.29, 1.82) is 0 Å². The van der Waals surface area contributed by atoms with Crippen LogP contribution in [0.25, 0.3) is 0 Å². The van der Waals surface area contributed by atoms with E-state index in [0.29, 0.717) is 5.92 Å². The summed E-state index contributed by atoms with van der Waals surface area (Å²) in [5, 5.41) is 0. The lowest BCUT2D eigenvalue weighted by Crippen LogP contribution is -2.39. The molecule has 2 rings (SSSR count). The Balaban J connectivity index is 2.26. The van der Waals surface area contributed by atoms with Crippen LogP contribution in [0.3, 0.4) is 0 Å². The van der Waals surface area contributed by atoms with Gasteiger partial charge in [-0.05, 0) is 12.3 Å². The molecule has 0 N–H and O–H groups in total. The molecular weight excluding hydrogens is 200 g/mol. The first-order valence-corrected chi connectivity index (χ1v) is 6.06. The molecule has 0 aromatic heterocycles. The summed E-state index contributed by atoms with van der Waals surface area (Å²) in [6, 6.07) is 10.3. The zero-order chi connectivity index (χ0) is 11.4. The van der Waals surface area contributed by atoms with Crippen LogP contribution in [0, 0.1) is 5.92 Å². The van der Waals surface area contributed by atoms with Crippen LogP contribution in [0.4, 0.5) is 0 Å². The van der Waals surface area contributed by atoms with Crippen LogP contribution in [-0.4, -0.2) is 13.2 Å². The molecule has 16 heavy (non-hydrogen) atoms. The Morgan fingerprint density at radius 3 is 2.31 bits per heavy atom. The minimum Gasteiger partial charge on any atom is -0.346 e. The zero-order valence-electron chi connectivity index (χ0n) is 10.1. The molecule has 1 aliphatic rings. The van der Waals surface area contributed by atoms with Crippen LogP contribution in [0.15, 0.2) is 30.3 Å². The second kappa shape index (κ2) is 4.98. The third-order valence-electron chi connectivity index (χ3n) is 2.85. The van der Waals surface area contributed by atoms with Gasteiger partial charge in [0.25, 0.3) is 0 Å². The molecule has 1 heterocycles. The normalized spacial score (nSPS) is 19.9. The Hall–Kier alpha value is -0.860. The summed E-state index contributed by atoms with van der Waals surface area (Å²) in [6.07, 6.45) is 1.91. The van der Waals surface area contributed by atoms with E-state index >= 15 is 0 Å². The van der Waals surface area contributed by atoms with Crippen molar-refractivity contribution in [2.24, 2.45) is 5.92 Å². The van der Waals surface area contributed by atoms with Gasteiger partial charge in [0.05, 0.1) is 13.2 Å². The maximum atomic E-state index is 5.94. The van der Waals surface area contributed by atoms with Crippen molar-refractivity contribution in [2.75, 3.05) is 13.2 Å². The maximum Gasteiger partial charge on any atom is 0.195 e. The number of ether oxygens (including phenoxy) is 2. The van der Waals surface area contributed by atoms with E-state index in [1.54, 1.807) is 0 Å². The second-order valence-corrected chi connectivity index (χ2v) is 4.77. The van der Waals surface area contributed by atoms with Gasteiger partial charge in [-0.25, -0.2) is 0 Å². The molecule has 0 amide bonds. The fourth-order valence-electron chi connectivity index (χ4n) is 2.21. The molecule has 2 nitrogen and oxygen atoms in total. The summed E-state index contributed by atoms with van der Waals surface area (Å²) < 4.78 is 11.9. The van der Waals surface area contributed by atoms with Crippen LogP contribution >= 0.6 is 0 Å². The van der Waals surface area contributed by atoms with Crippen molar-refractivity contribution in [1.82, 2.24) is 0 Å². The highest BCUT2D eigenvalue weighted by atomic mass is 16.7. The van der Waals surface area contributed by atoms with Crippen molar-refractivity contribution < 1.29 is 9.47 Å². The summed E-state index contributed by atoms with van der Waals surface area (Å²) in [5.74, 6) is 0.0477. The molecule has 0 radical (unpaired) electrons. The smallest absolute Gasteiger partial charge is 0.195 e. The van der Waals surface area contributed by atoms with Gasteiger partial charge in [0, 0.05) is 12.0 Å². The lowest BCUT2D eigenvalue weighted by Gasteiger charge is -2.38. The molecule has 0 saturated carbocycles. The van der Waals surface area contributed by atoms with Gasteiger partial charge >= 0.3 is 0 Å². The van der Waals surface area contributed by atoms with E-state index in [0.717, 1.165) is 31.6 Å². The summed E-state index contributed by atoms with van der Waals surface area (Å²) in [7, 11) is 0. The molecule has 0 atom stereocenters. The van der Waals surface area contributed by atoms with Crippen molar-refractivity contribution in [3.8, 4) is 0 Å². The zero-order valence-corrected chi connectivity index (χ0v) is 10.1. The predicted octanol–water partition coefficient (Wildman–Crippen LogP) is 3.32. The summed E-state index contributed by atoms with van der Waals surface area (Å²) >= 11 is 0. The molecule has 1 aromatic carbocycles. The average molecular weight is 220 g/mol. The summed E-state index contributed by atoms with van der Waals surface area (Å²) in [6.45, 7) is 5.99. The Labute approximate surface area is 97.6 Å². The highest BCUT2D eigenvalue weighted by Crippen LogP contribution is 2.36. The molecule has 1 saturated heterocycles. The van der Waals surface area contributed by atoms with Gasteiger partial charge in [-0.2, -0.15) is 0 Å². The Morgan fingerprint density at radius 1 is 1.12 bits per heavy atom. The number of rotatable bonds is 3. The SMILES string of the molecule is CC(C)CC1(c2ccccc2)OCCCO1. The van der Waals surface area contributed by atoms with Gasteiger partial charge in [-0.1, -0.05) is 44.2 Å². The fraction of sp³-hybridized carbons (Fsp3) is 0.571. The van der Waals surface area contributed by atoms with E-state index in [-0.39, 0.29) is 0 Å². The molecule has 1 aliphatic heterocycles. The Morgan fingerprint density at radius 2 is 1.75 bits per heavy atom. The summed E-state index contributed by atoms with van der Waals surface area (Å²) in [5.41, 5.74) is 1.14. The second-order valence-electron chi connectivity index (χ2n) is 4.77. The molecule has 0 unspecified atom stereocenters. The minimum absolute atomic E-state index is 0.506. The first-order chi connectivity index (χ1) is 7.73. The van der Waals surface area contributed by atoms with E-state index in [4.69, 9.17) is 9.47 Å². The molecule has 0 spiro atoms. The van der Waals surface area contributed by atoms with Crippen molar-refractivity contribution in [2.45, 2.75) is 32.5 Å². The molecule has 88 valence electrons. The summed E-state index contributed by atoms with van der Waals surface area (Å²) in [4.78, 5) is 0. The topological polar surface area (TPSA) is 18.5 Å². The average Bonchev–Trinajstić information content (AvgIpc) is 2.30. The third-order valence-corrected chi connectivity index (χ3v) is 2.85. The van der Waals surface area contributed by atoms with Crippen LogP contribution in [0.1, 0.15) is 32.3 Å². The van der Waals surface area contributed by atoms with Gasteiger partial charge in [-0.3, -0.25) is 0 Å². The standard InChI is InChI=1S/C14H20O2/c1-12(2)11-14(15-9-6-10-16-14)13-7-4-3-5-8-13/h3-5,7-8,12H,6,9-11H2,1-2H3. The number of hydrogen-bond acceptors (Lipinski definition) is 2. The largest absolute Gasteiger partial charge is 0.346 e. The highest BCUT2D eigenvalue weighted by Gasteiger charge is 2.37. The van der Waals surface area contributed by atoms with Crippen LogP contribution in [0.2, 0.25) is 0 Å². The van der Waals surface area contributed by atoms with Gasteiger partial charge in [0.1, 0.15) is 0 Å².